The number of morpholine rings is 1. The Labute approximate surface area is 212 Å². The summed E-state index contributed by atoms with van der Waals surface area (Å²) in [4.78, 5) is 46.6. The summed E-state index contributed by atoms with van der Waals surface area (Å²) in [5, 5.41) is 23.1. The number of carbonyl (C=O) groups excluding carboxylic acids is 2. The number of pyridine rings is 1. The molecule has 0 spiro atoms. The minimum Gasteiger partial charge on any atom is -0.475 e. The largest absolute Gasteiger partial charge is 0.490 e. The second-order valence-corrected chi connectivity index (χ2v) is 7.96. The molecular weight excluding hydrogens is 534 g/mol. The molecule has 2 atom stereocenters. The quantitative estimate of drug-likeness (QED) is 0.309. The fraction of sp³-hybridized carbons (Fsp3) is 0.571. The molecule has 1 fully saturated rings. The Morgan fingerprint density at radius 2 is 1.66 bits per heavy atom. The fourth-order valence-corrected chi connectivity index (χ4v) is 2.52. The summed E-state index contributed by atoms with van der Waals surface area (Å²) in [6.07, 6.45) is -6.19. The Balaban J connectivity index is 0.000000804. The summed E-state index contributed by atoms with van der Waals surface area (Å²) >= 11 is 0. The standard InChI is InChI=1S/C17H26N4O3.2C2HF3O2/c1-12(2)8-14(21-17(23)15-11-24-7-6-19-15)16(22)20-10-13-4-3-5-18-9-13;2*3-2(4,5)1(6)7/h3-5,9,12,14-15,19H,6-8,10-11H2,1-2H3,(H,20,22)(H,21,23);2*(H,6,7)/t14?,15-;;/m0../s1. The van der Waals surface area contributed by atoms with E-state index in [1.165, 1.54) is 0 Å². The van der Waals surface area contributed by atoms with E-state index in [4.69, 9.17) is 24.5 Å². The number of halogens is 6. The molecule has 0 saturated carbocycles. The smallest absolute Gasteiger partial charge is 0.475 e. The van der Waals surface area contributed by atoms with Crippen molar-refractivity contribution >= 4 is 23.8 Å². The van der Waals surface area contributed by atoms with Gasteiger partial charge in [0.05, 0.1) is 13.2 Å². The van der Waals surface area contributed by atoms with Gasteiger partial charge in [-0.25, -0.2) is 9.59 Å². The van der Waals surface area contributed by atoms with E-state index in [1.54, 1.807) is 12.4 Å². The number of hydrogen-bond donors (Lipinski definition) is 5. The summed E-state index contributed by atoms with van der Waals surface area (Å²) < 4.78 is 68.8. The van der Waals surface area contributed by atoms with Crippen molar-refractivity contribution in [3.05, 3.63) is 30.1 Å². The maximum absolute atomic E-state index is 12.5. The molecule has 17 heteroatoms. The molecule has 38 heavy (non-hydrogen) atoms. The lowest BCUT2D eigenvalue weighted by molar-refractivity contribution is -0.193. The number of amides is 2. The molecule has 1 aliphatic heterocycles. The summed E-state index contributed by atoms with van der Waals surface area (Å²) in [7, 11) is 0. The molecule has 216 valence electrons. The predicted octanol–water partition coefficient (Wildman–Crippen LogP) is 1.48. The van der Waals surface area contributed by atoms with E-state index < -0.39 is 36.4 Å². The van der Waals surface area contributed by atoms with Crippen LogP contribution in [0.3, 0.4) is 0 Å². The van der Waals surface area contributed by atoms with Crippen LogP contribution in [0.2, 0.25) is 0 Å². The van der Waals surface area contributed by atoms with Gasteiger partial charge in [0, 0.05) is 25.5 Å². The lowest BCUT2D eigenvalue weighted by Gasteiger charge is -2.26. The molecule has 2 rings (SSSR count). The molecule has 0 bridgehead atoms. The summed E-state index contributed by atoms with van der Waals surface area (Å²) in [5.41, 5.74) is 0.919. The van der Waals surface area contributed by atoms with Crippen LogP contribution in [0.15, 0.2) is 24.5 Å². The first-order valence-electron chi connectivity index (χ1n) is 10.8. The number of carboxylic acids is 2. The molecule has 0 radical (unpaired) electrons. The van der Waals surface area contributed by atoms with Crippen LogP contribution in [-0.2, 0) is 30.5 Å². The fourth-order valence-electron chi connectivity index (χ4n) is 2.52. The molecule has 1 unspecified atom stereocenters. The van der Waals surface area contributed by atoms with Crippen LogP contribution in [0.4, 0.5) is 26.3 Å². The van der Waals surface area contributed by atoms with Crippen LogP contribution in [0.5, 0.6) is 0 Å². The highest BCUT2D eigenvalue weighted by Crippen LogP contribution is 2.13. The SMILES string of the molecule is CC(C)CC(NC(=O)[C@@H]1COCCN1)C(=O)NCc1cccnc1.O=C(O)C(F)(F)F.O=C(O)C(F)(F)F. The molecule has 0 aromatic carbocycles. The van der Waals surface area contributed by atoms with Crippen molar-refractivity contribution in [1.82, 2.24) is 20.9 Å². The van der Waals surface area contributed by atoms with E-state index in [1.807, 2.05) is 26.0 Å². The Hall–Kier alpha value is -3.47. The Morgan fingerprint density at radius 1 is 1.11 bits per heavy atom. The predicted molar refractivity (Wildman–Crippen MR) is 117 cm³/mol. The molecule has 2 heterocycles. The van der Waals surface area contributed by atoms with Crippen molar-refractivity contribution in [3.63, 3.8) is 0 Å². The summed E-state index contributed by atoms with van der Waals surface area (Å²) in [6.45, 7) is 6.01. The number of carbonyl (C=O) groups is 4. The van der Waals surface area contributed by atoms with Gasteiger partial charge in [0.25, 0.3) is 0 Å². The van der Waals surface area contributed by atoms with Crippen LogP contribution < -0.4 is 16.0 Å². The van der Waals surface area contributed by atoms with Crippen LogP contribution in [0.25, 0.3) is 0 Å². The first kappa shape index (κ1) is 34.5. The third-order valence-electron chi connectivity index (χ3n) is 4.25. The molecule has 11 nitrogen and oxygen atoms in total. The van der Waals surface area contributed by atoms with E-state index in [0.717, 1.165) is 5.56 Å². The van der Waals surface area contributed by atoms with Crippen LogP contribution in [0.1, 0.15) is 25.8 Å². The highest BCUT2D eigenvalue weighted by atomic mass is 19.4. The zero-order valence-electron chi connectivity index (χ0n) is 20.2. The number of rotatable bonds is 7. The Morgan fingerprint density at radius 3 is 2.05 bits per heavy atom. The van der Waals surface area contributed by atoms with Crippen molar-refractivity contribution in [2.45, 2.75) is 51.2 Å². The number of nitrogens with one attached hydrogen (secondary N) is 3. The molecule has 5 N–H and O–H groups in total. The van der Waals surface area contributed by atoms with Gasteiger partial charge in [-0.1, -0.05) is 19.9 Å². The molecule has 2 amide bonds. The van der Waals surface area contributed by atoms with E-state index in [0.29, 0.717) is 32.7 Å². The van der Waals surface area contributed by atoms with Crippen molar-refractivity contribution in [2.24, 2.45) is 5.92 Å². The van der Waals surface area contributed by atoms with Crippen molar-refractivity contribution in [2.75, 3.05) is 19.8 Å². The van der Waals surface area contributed by atoms with Crippen molar-refractivity contribution < 1.29 is 60.5 Å². The summed E-state index contributed by atoms with van der Waals surface area (Å²) in [6, 6.07) is 2.76. The molecule has 1 aromatic heterocycles. The summed E-state index contributed by atoms with van der Waals surface area (Å²) in [5.74, 6) is -5.61. The van der Waals surface area contributed by atoms with Gasteiger partial charge in [-0.15, -0.1) is 0 Å². The molecule has 1 aromatic rings. The highest BCUT2D eigenvalue weighted by molar-refractivity contribution is 5.89. The van der Waals surface area contributed by atoms with Gasteiger partial charge in [-0.2, -0.15) is 26.3 Å². The monoisotopic (exact) mass is 562 g/mol. The van der Waals surface area contributed by atoms with Gasteiger partial charge in [0.2, 0.25) is 11.8 Å². The molecular formula is C21H28F6N4O7. The van der Waals surface area contributed by atoms with Crippen LogP contribution in [0, 0.1) is 5.92 Å². The van der Waals surface area contributed by atoms with Gasteiger partial charge in [0.15, 0.2) is 0 Å². The van der Waals surface area contributed by atoms with Gasteiger partial charge < -0.3 is 30.9 Å². The first-order valence-corrected chi connectivity index (χ1v) is 10.8. The Kier molecular flexibility index (Phi) is 14.9. The third-order valence-corrected chi connectivity index (χ3v) is 4.25. The third kappa shape index (κ3) is 15.6. The minimum absolute atomic E-state index is 0.183. The second kappa shape index (κ2) is 16.4. The maximum atomic E-state index is 12.5. The van der Waals surface area contributed by atoms with Crippen LogP contribution >= 0.6 is 0 Å². The number of ether oxygens (including phenoxy) is 1. The van der Waals surface area contributed by atoms with Gasteiger partial charge >= 0.3 is 24.3 Å². The average molecular weight is 562 g/mol. The number of aliphatic carboxylic acids is 2. The van der Waals surface area contributed by atoms with E-state index in [-0.39, 0.29) is 17.7 Å². The zero-order chi connectivity index (χ0) is 29.5. The van der Waals surface area contributed by atoms with E-state index in [9.17, 15) is 35.9 Å². The van der Waals surface area contributed by atoms with Gasteiger partial charge in [-0.3, -0.25) is 14.6 Å². The van der Waals surface area contributed by atoms with Crippen LogP contribution in [-0.4, -0.2) is 83.1 Å². The van der Waals surface area contributed by atoms with Crippen molar-refractivity contribution in [3.8, 4) is 0 Å². The zero-order valence-corrected chi connectivity index (χ0v) is 20.2. The van der Waals surface area contributed by atoms with E-state index in [2.05, 4.69) is 20.9 Å². The Bertz CT molecular complexity index is 868. The second-order valence-electron chi connectivity index (χ2n) is 7.96. The number of hydrogen-bond acceptors (Lipinski definition) is 7. The lowest BCUT2D eigenvalue weighted by atomic mass is 10.0. The normalized spacial score (nSPS) is 16.1. The highest BCUT2D eigenvalue weighted by Gasteiger charge is 2.38. The number of alkyl halides is 6. The van der Waals surface area contributed by atoms with Gasteiger partial charge in [0.1, 0.15) is 12.1 Å². The topological polar surface area (TPSA) is 167 Å². The average Bonchev–Trinajstić information content (AvgIpc) is 2.82. The van der Waals surface area contributed by atoms with Gasteiger partial charge in [-0.05, 0) is 24.0 Å². The van der Waals surface area contributed by atoms with E-state index >= 15 is 0 Å². The molecule has 1 aliphatic rings. The molecule has 1 saturated heterocycles. The minimum atomic E-state index is -5.08. The number of nitrogens with zero attached hydrogens (tertiary/aromatic N) is 1. The number of aromatic nitrogens is 1. The molecule has 0 aliphatic carbocycles. The first-order chi connectivity index (χ1) is 17.4. The maximum Gasteiger partial charge on any atom is 0.490 e. The number of carboxylic acid groups (broad SMARTS) is 2. The lowest BCUT2D eigenvalue weighted by Crippen LogP contribution is -2.56. The van der Waals surface area contributed by atoms with Crippen molar-refractivity contribution in [1.29, 1.82) is 0 Å².